The van der Waals surface area contributed by atoms with Gasteiger partial charge in [0, 0.05) is 40.5 Å². The molecule has 1 N–H and O–H groups in total. The van der Waals surface area contributed by atoms with Gasteiger partial charge in [-0.25, -0.2) is 4.98 Å². The zero-order chi connectivity index (χ0) is 11.8. The van der Waals surface area contributed by atoms with Crippen LogP contribution in [0, 0.1) is 0 Å². The average Bonchev–Trinajstić information content (AvgIpc) is 2.17. The number of aromatic nitrogens is 1. The van der Waals surface area contributed by atoms with E-state index in [1.807, 2.05) is 12.1 Å². The van der Waals surface area contributed by atoms with Crippen molar-refractivity contribution in [3.8, 4) is 0 Å². The number of nitrogens with zero attached hydrogens (tertiary/aromatic N) is 1. The molecule has 0 aliphatic carbocycles. The molecule has 1 aromatic heterocycles. The molecule has 1 heterocycles. The number of halogens is 1. The first kappa shape index (κ1) is 14.9. The molecule has 0 spiro atoms. The largest absolute Gasteiger partial charge is 0.285 e. The van der Waals surface area contributed by atoms with Gasteiger partial charge in [-0.1, -0.05) is 29.8 Å². The Hall–Kier alpha value is -0.170. The van der Waals surface area contributed by atoms with Gasteiger partial charge in [0.1, 0.15) is 10.9 Å². The van der Waals surface area contributed by atoms with Crippen molar-refractivity contribution in [3.63, 3.8) is 0 Å². The van der Waals surface area contributed by atoms with Gasteiger partial charge in [0.2, 0.25) is 0 Å². The molecule has 1 radical (unpaired) electrons. The summed E-state index contributed by atoms with van der Waals surface area (Å²) in [7, 11) is -4.09. The van der Waals surface area contributed by atoms with E-state index in [-0.39, 0.29) is 34.7 Å². The van der Waals surface area contributed by atoms with Gasteiger partial charge in [-0.2, -0.15) is 8.42 Å². The fourth-order valence-corrected chi connectivity index (χ4v) is 2.34. The molecule has 4 nitrogen and oxygen atoms in total. The van der Waals surface area contributed by atoms with E-state index in [2.05, 4.69) is 4.98 Å². The van der Waals surface area contributed by atoms with Crippen LogP contribution in [0.5, 0.6) is 0 Å². The first-order valence-corrected chi connectivity index (χ1v) is 6.44. The molecule has 17 heavy (non-hydrogen) atoms. The van der Waals surface area contributed by atoms with Gasteiger partial charge in [-0.15, -0.1) is 0 Å². The molecule has 2 aromatic rings. The Morgan fingerprint density at radius 2 is 1.94 bits per heavy atom. The van der Waals surface area contributed by atoms with E-state index in [1.54, 1.807) is 18.2 Å². The monoisotopic (exact) mass is 280 g/mol. The van der Waals surface area contributed by atoms with Crippen LogP contribution >= 0.6 is 11.6 Å². The quantitative estimate of drug-likeness (QED) is 0.518. The molecule has 0 aliphatic rings. The van der Waals surface area contributed by atoms with E-state index in [4.69, 9.17) is 16.2 Å². The van der Waals surface area contributed by atoms with Crippen LogP contribution in [0.4, 0.5) is 0 Å². The van der Waals surface area contributed by atoms with E-state index in [0.29, 0.717) is 11.1 Å². The van der Waals surface area contributed by atoms with Crippen LogP contribution in [-0.4, -0.2) is 47.5 Å². The first-order chi connectivity index (χ1) is 7.46. The fourth-order valence-electron chi connectivity index (χ4n) is 1.43. The molecule has 2 rings (SSSR count). The van der Waals surface area contributed by atoms with Gasteiger partial charge in [-0.05, 0) is 12.1 Å². The maximum atomic E-state index is 10.8. The van der Waals surface area contributed by atoms with Crippen LogP contribution in [-0.2, 0) is 15.9 Å². The molecule has 0 unspecified atom stereocenters. The van der Waals surface area contributed by atoms with Crippen molar-refractivity contribution in [1.82, 2.24) is 4.98 Å². The Morgan fingerprint density at radius 3 is 2.59 bits per heavy atom. The van der Waals surface area contributed by atoms with Crippen molar-refractivity contribution in [1.29, 1.82) is 0 Å². The van der Waals surface area contributed by atoms with E-state index in [0.717, 1.165) is 5.39 Å². The van der Waals surface area contributed by atoms with Crippen LogP contribution in [0.2, 0.25) is 5.15 Å². The first-order valence-electron chi connectivity index (χ1n) is 4.45. The maximum Gasteiger partial charge on any atom is 0.269 e. The SMILES string of the molecule is O=S(=O)(O)Cc1cc2ccccc2nc1Cl.[Na]. The molecular formula is C10H8ClNNaO3S. The molecule has 7 heteroatoms. The summed E-state index contributed by atoms with van der Waals surface area (Å²) in [4.78, 5) is 4.05. The van der Waals surface area contributed by atoms with E-state index in [9.17, 15) is 8.42 Å². The Kier molecular flexibility index (Phi) is 4.95. The van der Waals surface area contributed by atoms with E-state index in [1.165, 1.54) is 0 Å². The minimum atomic E-state index is -4.09. The zero-order valence-electron chi connectivity index (χ0n) is 9.09. The second-order valence-corrected chi connectivity index (χ2v) is 5.17. The van der Waals surface area contributed by atoms with Gasteiger partial charge in [0.25, 0.3) is 10.1 Å². The Labute approximate surface area is 126 Å². The molecule has 0 bridgehead atoms. The summed E-state index contributed by atoms with van der Waals surface area (Å²) >= 11 is 5.82. The van der Waals surface area contributed by atoms with Crippen LogP contribution in [0.1, 0.15) is 5.56 Å². The van der Waals surface area contributed by atoms with Crippen molar-refractivity contribution >= 4 is 62.2 Å². The standard InChI is InChI=1S/C10H8ClNO3S.Na/c11-10-8(6-16(13,14)15)5-7-3-1-2-4-9(7)12-10;/h1-5H,6H2,(H,13,14,15);. The van der Waals surface area contributed by atoms with Crippen molar-refractivity contribution < 1.29 is 13.0 Å². The van der Waals surface area contributed by atoms with Gasteiger partial charge in [-0.3, -0.25) is 4.55 Å². The topological polar surface area (TPSA) is 67.3 Å². The maximum absolute atomic E-state index is 10.8. The predicted molar refractivity (Wildman–Crippen MR) is 67.8 cm³/mol. The third-order valence-corrected chi connectivity index (χ3v) is 3.09. The summed E-state index contributed by atoms with van der Waals surface area (Å²) in [6.45, 7) is 0. The fraction of sp³-hybridized carbons (Fsp3) is 0.100. The van der Waals surface area contributed by atoms with Crippen LogP contribution < -0.4 is 0 Å². The molecule has 0 aliphatic heterocycles. The second-order valence-electron chi connectivity index (χ2n) is 3.36. The van der Waals surface area contributed by atoms with Crippen molar-refractivity contribution in [3.05, 3.63) is 41.0 Å². The number of hydrogen-bond acceptors (Lipinski definition) is 3. The summed E-state index contributed by atoms with van der Waals surface area (Å²) in [5.74, 6) is -0.524. The van der Waals surface area contributed by atoms with Crippen molar-refractivity contribution in [2.24, 2.45) is 0 Å². The predicted octanol–water partition coefficient (Wildman–Crippen LogP) is 1.90. The summed E-state index contributed by atoms with van der Waals surface area (Å²) in [6.07, 6.45) is 0. The molecule has 0 amide bonds. The Bertz CT molecular complexity index is 645. The van der Waals surface area contributed by atoms with Crippen LogP contribution in [0.15, 0.2) is 30.3 Å². The number of para-hydroxylation sites is 1. The van der Waals surface area contributed by atoms with E-state index >= 15 is 0 Å². The molecule has 85 valence electrons. The minimum absolute atomic E-state index is 0. The summed E-state index contributed by atoms with van der Waals surface area (Å²) < 4.78 is 30.3. The molecule has 0 saturated heterocycles. The van der Waals surface area contributed by atoms with Gasteiger partial charge < -0.3 is 0 Å². The summed E-state index contributed by atoms with van der Waals surface area (Å²) in [5, 5.41) is 0.877. The van der Waals surface area contributed by atoms with E-state index < -0.39 is 15.9 Å². The summed E-state index contributed by atoms with van der Waals surface area (Å²) in [6, 6.07) is 8.81. The molecule has 0 saturated carbocycles. The Morgan fingerprint density at radius 1 is 1.29 bits per heavy atom. The normalized spacial score (nSPS) is 11.2. The summed E-state index contributed by atoms with van der Waals surface area (Å²) in [5.41, 5.74) is 0.981. The number of fused-ring (bicyclic) bond motifs is 1. The third kappa shape index (κ3) is 3.91. The molecular weight excluding hydrogens is 273 g/mol. The smallest absolute Gasteiger partial charge is 0.269 e. The van der Waals surface area contributed by atoms with Crippen LogP contribution in [0.3, 0.4) is 0 Å². The van der Waals surface area contributed by atoms with Crippen molar-refractivity contribution in [2.45, 2.75) is 5.75 Å². The minimum Gasteiger partial charge on any atom is -0.285 e. The molecule has 1 aromatic carbocycles. The second kappa shape index (κ2) is 5.65. The van der Waals surface area contributed by atoms with Gasteiger partial charge >= 0.3 is 0 Å². The number of pyridine rings is 1. The number of benzene rings is 1. The molecule has 0 fully saturated rings. The van der Waals surface area contributed by atoms with Crippen molar-refractivity contribution in [2.75, 3.05) is 0 Å². The van der Waals surface area contributed by atoms with Gasteiger partial charge in [0.05, 0.1) is 5.52 Å². The third-order valence-electron chi connectivity index (χ3n) is 2.09. The zero-order valence-corrected chi connectivity index (χ0v) is 12.7. The Balaban J connectivity index is 0.00000144. The van der Waals surface area contributed by atoms with Gasteiger partial charge in [0.15, 0.2) is 0 Å². The van der Waals surface area contributed by atoms with Crippen LogP contribution in [0.25, 0.3) is 10.9 Å². The average molecular weight is 281 g/mol. The number of hydrogen-bond donors (Lipinski definition) is 1. The number of rotatable bonds is 2. The molecule has 0 atom stereocenters.